The summed E-state index contributed by atoms with van der Waals surface area (Å²) < 4.78 is 41.9. The Bertz CT molecular complexity index is 690. The molecule has 0 fully saturated rings. The zero-order valence-corrected chi connectivity index (χ0v) is 14.9. The molecular weight excluding hydrogens is 304 g/mol. The lowest BCUT2D eigenvalue weighted by Gasteiger charge is -2.10. The van der Waals surface area contributed by atoms with Crippen LogP contribution in [0.2, 0.25) is 0 Å². The summed E-state index contributed by atoms with van der Waals surface area (Å²) in [6.45, 7) is 6.40. The quantitative estimate of drug-likeness (QED) is 0.420. The summed E-state index contributed by atoms with van der Waals surface area (Å²) in [6.07, 6.45) is 5.07. The highest BCUT2D eigenvalue weighted by Gasteiger charge is 2.18. The number of esters is 2. The van der Waals surface area contributed by atoms with Crippen LogP contribution in [0.1, 0.15) is 85.5 Å². The van der Waals surface area contributed by atoms with E-state index in [4.69, 9.17) is 15.0 Å². The molecule has 0 saturated carbocycles. The normalized spacial score (nSPS) is 13.0. The largest absolute Gasteiger partial charge is 0.462 e. The zero-order valence-electron chi connectivity index (χ0n) is 18.9. The van der Waals surface area contributed by atoms with Crippen molar-refractivity contribution in [3.05, 3.63) is 35.3 Å². The van der Waals surface area contributed by atoms with Crippen molar-refractivity contribution in [3.8, 4) is 0 Å². The van der Waals surface area contributed by atoms with E-state index in [9.17, 15) is 9.59 Å². The first-order chi connectivity index (χ1) is 13.2. The van der Waals surface area contributed by atoms with Crippen molar-refractivity contribution in [2.45, 2.75) is 59.3 Å². The van der Waals surface area contributed by atoms with Crippen molar-refractivity contribution >= 4 is 11.9 Å². The summed E-state index contributed by atoms with van der Waals surface area (Å²) in [7, 11) is 0. The standard InChI is InChI=1S/C20H30O4/c1-4-5-6-9-14-23-19(21)17-12-7-8-13-18(17)20(22)24-15-10-11-16(2)3/h7-8,12-13,16H,4-6,9-11,14-15H2,1-3H3/i7D,8D,12D,13D. The maximum absolute atomic E-state index is 12.5. The molecule has 0 aromatic heterocycles. The Hall–Kier alpha value is -1.84. The third-order valence-electron chi connectivity index (χ3n) is 3.49. The average Bonchev–Trinajstić information content (AvgIpc) is 2.65. The Labute approximate surface area is 151 Å². The van der Waals surface area contributed by atoms with Gasteiger partial charge in [0.2, 0.25) is 0 Å². The van der Waals surface area contributed by atoms with Crippen LogP contribution in [0, 0.1) is 5.92 Å². The second kappa shape index (κ2) is 11.7. The molecule has 0 N–H and O–H groups in total. The average molecular weight is 338 g/mol. The minimum Gasteiger partial charge on any atom is -0.462 e. The van der Waals surface area contributed by atoms with Gasteiger partial charge in [0.1, 0.15) is 0 Å². The third-order valence-corrected chi connectivity index (χ3v) is 3.49. The maximum Gasteiger partial charge on any atom is 0.339 e. The third kappa shape index (κ3) is 7.62. The molecule has 0 amide bonds. The fourth-order valence-corrected chi connectivity index (χ4v) is 2.11. The van der Waals surface area contributed by atoms with Crippen LogP contribution in [-0.2, 0) is 9.47 Å². The summed E-state index contributed by atoms with van der Waals surface area (Å²) in [5, 5.41) is 0. The smallest absolute Gasteiger partial charge is 0.339 e. The number of ether oxygens (including phenoxy) is 2. The number of unbranched alkanes of at least 4 members (excludes halogenated alkanes) is 3. The van der Waals surface area contributed by atoms with Crippen molar-refractivity contribution < 1.29 is 24.5 Å². The summed E-state index contributed by atoms with van der Waals surface area (Å²) >= 11 is 0. The second-order valence-electron chi connectivity index (χ2n) is 6.12. The molecule has 1 aromatic carbocycles. The predicted molar refractivity (Wildman–Crippen MR) is 95.2 cm³/mol. The van der Waals surface area contributed by atoms with E-state index < -0.39 is 47.2 Å². The molecule has 1 rings (SSSR count). The van der Waals surface area contributed by atoms with Crippen LogP contribution in [0.5, 0.6) is 0 Å². The number of carbonyl (C=O) groups excluding carboxylic acids is 2. The molecule has 0 heterocycles. The van der Waals surface area contributed by atoms with Gasteiger partial charge in [0.05, 0.1) is 29.8 Å². The second-order valence-corrected chi connectivity index (χ2v) is 6.12. The van der Waals surface area contributed by atoms with Crippen LogP contribution in [0.25, 0.3) is 0 Å². The minimum atomic E-state index is -0.936. The Morgan fingerprint density at radius 1 is 0.958 bits per heavy atom. The Morgan fingerprint density at radius 3 is 2.00 bits per heavy atom. The first kappa shape index (κ1) is 14.5. The molecular formula is C20H30O4. The lowest BCUT2D eigenvalue weighted by atomic mass is 10.1. The van der Waals surface area contributed by atoms with Crippen molar-refractivity contribution in [3.63, 3.8) is 0 Å². The summed E-state index contributed by atoms with van der Waals surface area (Å²) in [6, 6.07) is -2.35. The minimum absolute atomic E-state index is 0.116. The van der Waals surface area contributed by atoms with Crippen molar-refractivity contribution in [2.24, 2.45) is 5.92 Å². The summed E-state index contributed by atoms with van der Waals surface area (Å²) in [5.41, 5.74) is -0.926. The molecule has 0 aliphatic heterocycles. The first-order valence-electron chi connectivity index (χ1n) is 10.7. The first-order valence-corrected chi connectivity index (χ1v) is 8.66. The van der Waals surface area contributed by atoms with Crippen LogP contribution < -0.4 is 0 Å². The lowest BCUT2D eigenvalue weighted by molar-refractivity contribution is 0.0449. The van der Waals surface area contributed by atoms with Gasteiger partial charge in [-0.3, -0.25) is 0 Å². The molecule has 24 heavy (non-hydrogen) atoms. The van der Waals surface area contributed by atoms with Crippen molar-refractivity contribution in [1.82, 2.24) is 0 Å². The number of rotatable bonds is 11. The van der Waals surface area contributed by atoms with Crippen LogP contribution in [-0.4, -0.2) is 25.2 Å². The molecule has 0 atom stereocenters. The van der Waals surface area contributed by atoms with Crippen LogP contribution in [0.4, 0.5) is 0 Å². The van der Waals surface area contributed by atoms with E-state index in [2.05, 4.69) is 6.92 Å². The van der Waals surface area contributed by atoms with E-state index in [1.165, 1.54) is 0 Å². The van der Waals surface area contributed by atoms with E-state index >= 15 is 0 Å². The fourth-order valence-electron chi connectivity index (χ4n) is 2.11. The molecule has 4 heteroatoms. The van der Waals surface area contributed by atoms with Crippen LogP contribution in [0.15, 0.2) is 24.2 Å². The van der Waals surface area contributed by atoms with Gasteiger partial charge in [0, 0.05) is 0 Å². The van der Waals surface area contributed by atoms with E-state index in [-0.39, 0.29) is 13.2 Å². The van der Waals surface area contributed by atoms with Crippen molar-refractivity contribution in [1.29, 1.82) is 0 Å². The maximum atomic E-state index is 12.5. The van der Waals surface area contributed by atoms with Gasteiger partial charge in [-0.05, 0) is 37.3 Å². The monoisotopic (exact) mass is 338 g/mol. The summed E-state index contributed by atoms with van der Waals surface area (Å²) in [4.78, 5) is 25.0. The topological polar surface area (TPSA) is 52.6 Å². The number of hydrogen-bond donors (Lipinski definition) is 0. The molecule has 0 aliphatic carbocycles. The predicted octanol–water partition coefficient (Wildman–Crippen LogP) is 5.02. The molecule has 0 aliphatic rings. The highest BCUT2D eigenvalue weighted by atomic mass is 16.5. The molecule has 0 saturated heterocycles. The van der Waals surface area contributed by atoms with E-state index in [1.54, 1.807) is 0 Å². The van der Waals surface area contributed by atoms with Gasteiger partial charge in [-0.25, -0.2) is 9.59 Å². The van der Waals surface area contributed by atoms with E-state index in [0.717, 1.165) is 25.7 Å². The summed E-state index contributed by atoms with van der Waals surface area (Å²) in [5.74, 6) is -1.42. The Balaban J connectivity index is 3.03. The van der Waals surface area contributed by atoms with Gasteiger partial charge in [-0.1, -0.05) is 52.1 Å². The molecule has 0 radical (unpaired) electrons. The Kier molecular flexibility index (Phi) is 7.04. The SMILES string of the molecule is [2H]c1c([2H])c([2H])c(C(=O)OCCCC(C)C)c(C(=O)OCCCCCC)c1[2H]. The molecule has 4 nitrogen and oxygen atoms in total. The number of benzene rings is 1. The number of hydrogen-bond acceptors (Lipinski definition) is 4. The molecule has 0 unspecified atom stereocenters. The molecule has 1 aromatic rings. The van der Waals surface area contributed by atoms with E-state index in [1.807, 2.05) is 13.8 Å². The number of carbonyl (C=O) groups is 2. The van der Waals surface area contributed by atoms with Crippen LogP contribution in [0.3, 0.4) is 0 Å². The highest BCUT2D eigenvalue weighted by molar-refractivity contribution is 6.03. The zero-order chi connectivity index (χ0) is 21.3. The van der Waals surface area contributed by atoms with Gasteiger partial charge < -0.3 is 9.47 Å². The fraction of sp³-hybridized carbons (Fsp3) is 0.600. The molecule has 0 spiro atoms. The molecule has 134 valence electrons. The van der Waals surface area contributed by atoms with Gasteiger partial charge in [0.25, 0.3) is 0 Å². The Morgan fingerprint density at radius 2 is 1.50 bits per heavy atom. The van der Waals surface area contributed by atoms with Gasteiger partial charge in [-0.2, -0.15) is 0 Å². The van der Waals surface area contributed by atoms with Gasteiger partial charge >= 0.3 is 11.9 Å². The van der Waals surface area contributed by atoms with Gasteiger partial charge in [0.15, 0.2) is 0 Å². The van der Waals surface area contributed by atoms with Gasteiger partial charge in [-0.15, -0.1) is 0 Å². The van der Waals surface area contributed by atoms with Crippen molar-refractivity contribution in [2.75, 3.05) is 13.2 Å². The van der Waals surface area contributed by atoms with Crippen LogP contribution >= 0.6 is 0 Å². The lowest BCUT2D eigenvalue weighted by Crippen LogP contribution is -2.15. The highest BCUT2D eigenvalue weighted by Crippen LogP contribution is 2.13. The van der Waals surface area contributed by atoms with E-state index in [0.29, 0.717) is 18.8 Å². The molecule has 0 bridgehead atoms.